The molecule has 1 amide bonds. The molecular formula is C18H20F2N2O3. The van der Waals surface area contributed by atoms with Crippen LogP contribution in [-0.4, -0.2) is 25.7 Å². The van der Waals surface area contributed by atoms with E-state index in [2.05, 4.69) is 10.1 Å². The Kier molecular flexibility index (Phi) is 6.75. The molecule has 1 aliphatic carbocycles. The molecule has 1 fully saturated rings. The van der Waals surface area contributed by atoms with Gasteiger partial charge < -0.3 is 14.8 Å². The fourth-order valence-electron chi connectivity index (χ4n) is 2.79. The van der Waals surface area contributed by atoms with Crippen LogP contribution in [-0.2, 0) is 4.79 Å². The van der Waals surface area contributed by atoms with Gasteiger partial charge in [0.25, 0.3) is 5.91 Å². The smallest absolute Gasteiger partial charge is 0.387 e. The summed E-state index contributed by atoms with van der Waals surface area (Å²) in [7, 11) is 1.32. The maximum absolute atomic E-state index is 12.3. The van der Waals surface area contributed by atoms with Crippen LogP contribution in [0.15, 0.2) is 23.8 Å². The van der Waals surface area contributed by atoms with Crippen LogP contribution in [0.25, 0.3) is 6.08 Å². The van der Waals surface area contributed by atoms with Crippen LogP contribution >= 0.6 is 0 Å². The van der Waals surface area contributed by atoms with Gasteiger partial charge in [0.1, 0.15) is 11.6 Å². The number of carbonyl (C=O) groups is 1. The summed E-state index contributed by atoms with van der Waals surface area (Å²) in [6.07, 6.45) is 6.53. The summed E-state index contributed by atoms with van der Waals surface area (Å²) in [5, 5.41) is 12.1. The summed E-state index contributed by atoms with van der Waals surface area (Å²) in [5.74, 6) is -0.444. The van der Waals surface area contributed by atoms with Crippen LogP contribution in [0.4, 0.5) is 8.78 Å². The number of hydrogen-bond donors (Lipinski definition) is 1. The molecule has 0 unspecified atom stereocenters. The van der Waals surface area contributed by atoms with E-state index in [1.54, 1.807) is 0 Å². The van der Waals surface area contributed by atoms with E-state index in [1.807, 2.05) is 6.07 Å². The third-order valence-electron chi connectivity index (χ3n) is 4.02. The second-order valence-electron chi connectivity index (χ2n) is 5.77. The summed E-state index contributed by atoms with van der Waals surface area (Å²) in [5.41, 5.74) is 0.434. The zero-order valence-corrected chi connectivity index (χ0v) is 13.9. The lowest BCUT2D eigenvalue weighted by Gasteiger charge is -2.22. The van der Waals surface area contributed by atoms with Crippen LogP contribution < -0.4 is 14.8 Å². The lowest BCUT2D eigenvalue weighted by molar-refractivity contribution is -0.117. The van der Waals surface area contributed by atoms with Crippen molar-refractivity contribution in [1.29, 1.82) is 5.26 Å². The van der Waals surface area contributed by atoms with Gasteiger partial charge in [-0.05, 0) is 36.6 Å². The Labute approximate surface area is 145 Å². The molecule has 25 heavy (non-hydrogen) atoms. The van der Waals surface area contributed by atoms with Gasteiger partial charge >= 0.3 is 6.61 Å². The van der Waals surface area contributed by atoms with Crippen molar-refractivity contribution in [3.63, 3.8) is 0 Å². The number of alkyl halides is 2. The molecule has 0 spiro atoms. The summed E-state index contributed by atoms with van der Waals surface area (Å²) >= 11 is 0. The number of hydrogen-bond acceptors (Lipinski definition) is 4. The first-order chi connectivity index (χ1) is 12.0. The Balaban J connectivity index is 2.15. The highest BCUT2D eigenvalue weighted by Gasteiger charge is 2.18. The van der Waals surface area contributed by atoms with E-state index in [4.69, 9.17) is 4.74 Å². The number of amides is 1. The van der Waals surface area contributed by atoms with E-state index < -0.39 is 12.5 Å². The summed E-state index contributed by atoms with van der Waals surface area (Å²) in [6.45, 7) is -2.97. The molecule has 5 nitrogen and oxygen atoms in total. The standard InChI is InChI=1S/C18H20F2N2O3/c1-24-16-10-12(7-8-15(16)25-18(19)20)9-13(11-21)17(23)22-14-5-3-2-4-6-14/h7-10,14,18H,2-6H2,1H3,(H,22,23)/b13-9+. The van der Waals surface area contributed by atoms with Gasteiger partial charge in [-0.25, -0.2) is 0 Å². The molecule has 134 valence electrons. The van der Waals surface area contributed by atoms with Gasteiger partial charge in [0, 0.05) is 6.04 Å². The molecule has 0 saturated heterocycles. The highest BCUT2D eigenvalue weighted by atomic mass is 19.3. The minimum atomic E-state index is -2.97. The van der Waals surface area contributed by atoms with Gasteiger partial charge in [-0.3, -0.25) is 4.79 Å². The number of nitrogens with zero attached hydrogens (tertiary/aromatic N) is 1. The summed E-state index contributed by atoms with van der Waals surface area (Å²) in [6, 6.07) is 6.19. The number of rotatable bonds is 6. The van der Waals surface area contributed by atoms with E-state index in [-0.39, 0.29) is 23.1 Å². The molecule has 0 radical (unpaired) electrons. The molecule has 1 aromatic carbocycles. The molecule has 1 N–H and O–H groups in total. The highest BCUT2D eigenvalue weighted by Crippen LogP contribution is 2.30. The van der Waals surface area contributed by atoms with Crippen molar-refractivity contribution in [2.45, 2.75) is 44.8 Å². The van der Waals surface area contributed by atoms with Gasteiger partial charge in [-0.15, -0.1) is 0 Å². The number of methoxy groups -OCH3 is 1. The van der Waals surface area contributed by atoms with Crippen LogP contribution in [0.2, 0.25) is 0 Å². The quantitative estimate of drug-likeness (QED) is 0.628. The van der Waals surface area contributed by atoms with Crippen LogP contribution in [0.3, 0.4) is 0 Å². The molecule has 0 bridgehead atoms. The minimum absolute atomic E-state index is 0.0462. The average molecular weight is 350 g/mol. The molecule has 0 heterocycles. The van der Waals surface area contributed by atoms with E-state index in [9.17, 15) is 18.8 Å². The van der Waals surface area contributed by atoms with Crippen molar-refractivity contribution in [3.8, 4) is 17.6 Å². The Hall–Kier alpha value is -2.62. The number of benzene rings is 1. The topological polar surface area (TPSA) is 71.3 Å². The normalized spacial score (nSPS) is 15.6. The third kappa shape index (κ3) is 5.45. The van der Waals surface area contributed by atoms with E-state index in [1.165, 1.54) is 37.8 Å². The lowest BCUT2D eigenvalue weighted by atomic mass is 9.95. The summed E-state index contributed by atoms with van der Waals surface area (Å²) < 4.78 is 34.0. The van der Waals surface area contributed by atoms with Crippen LogP contribution in [0.5, 0.6) is 11.5 Å². The van der Waals surface area contributed by atoms with Crippen molar-refractivity contribution in [1.82, 2.24) is 5.32 Å². The third-order valence-corrected chi connectivity index (χ3v) is 4.02. The second-order valence-corrected chi connectivity index (χ2v) is 5.77. The van der Waals surface area contributed by atoms with Gasteiger partial charge in [-0.1, -0.05) is 25.3 Å². The van der Waals surface area contributed by atoms with Crippen LogP contribution in [0.1, 0.15) is 37.7 Å². The van der Waals surface area contributed by atoms with Crippen molar-refractivity contribution in [2.75, 3.05) is 7.11 Å². The fraction of sp³-hybridized carbons (Fsp3) is 0.444. The molecule has 0 aliphatic heterocycles. The Morgan fingerprint density at radius 3 is 2.64 bits per heavy atom. The number of ether oxygens (including phenoxy) is 2. The monoisotopic (exact) mass is 350 g/mol. The molecular weight excluding hydrogens is 330 g/mol. The van der Waals surface area contributed by atoms with E-state index in [0.29, 0.717) is 5.56 Å². The molecule has 1 aliphatic rings. The van der Waals surface area contributed by atoms with Crippen molar-refractivity contribution < 1.29 is 23.0 Å². The predicted octanol–water partition coefficient (Wildman–Crippen LogP) is 3.65. The molecule has 1 aromatic rings. The molecule has 0 atom stereocenters. The van der Waals surface area contributed by atoms with Crippen LogP contribution in [0, 0.1) is 11.3 Å². The zero-order valence-electron chi connectivity index (χ0n) is 13.9. The van der Waals surface area contributed by atoms with Crippen molar-refractivity contribution >= 4 is 12.0 Å². The zero-order chi connectivity index (χ0) is 18.2. The Morgan fingerprint density at radius 1 is 1.32 bits per heavy atom. The first kappa shape index (κ1) is 18.7. The maximum atomic E-state index is 12.3. The lowest BCUT2D eigenvalue weighted by Crippen LogP contribution is -2.36. The fourth-order valence-corrected chi connectivity index (χ4v) is 2.79. The minimum Gasteiger partial charge on any atom is -0.493 e. The first-order valence-electron chi connectivity index (χ1n) is 8.09. The van der Waals surface area contributed by atoms with Gasteiger partial charge in [0.2, 0.25) is 0 Å². The Bertz CT molecular complexity index is 677. The average Bonchev–Trinajstić information content (AvgIpc) is 2.61. The summed E-state index contributed by atoms with van der Waals surface area (Å²) in [4.78, 5) is 12.3. The highest BCUT2D eigenvalue weighted by molar-refractivity contribution is 6.01. The van der Waals surface area contributed by atoms with Gasteiger partial charge in [0.05, 0.1) is 7.11 Å². The van der Waals surface area contributed by atoms with Crippen molar-refractivity contribution in [2.24, 2.45) is 0 Å². The number of nitrogens with one attached hydrogen (secondary N) is 1. The van der Waals surface area contributed by atoms with Gasteiger partial charge in [-0.2, -0.15) is 14.0 Å². The molecule has 2 rings (SSSR count). The first-order valence-corrected chi connectivity index (χ1v) is 8.09. The van der Waals surface area contributed by atoms with E-state index >= 15 is 0 Å². The van der Waals surface area contributed by atoms with Gasteiger partial charge in [0.15, 0.2) is 11.5 Å². The van der Waals surface area contributed by atoms with Crippen molar-refractivity contribution in [3.05, 3.63) is 29.3 Å². The second kappa shape index (κ2) is 9.02. The number of carbonyl (C=O) groups excluding carboxylic acids is 1. The Morgan fingerprint density at radius 2 is 2.04 bits per heavy atom. The molecule has 1 saturated carbocycles. The van der Waals surface area contributed by atoms with E-state index in [0.717, 1.165) is 25.7 Å². The SMILES string of the molecule is COc1cc(/C=C(\C#N)C(=O)NC2CCCCC2)ccc1OC(F)F. The molecule has 0 aromatic heterocycles. The molecule has 7 heteroatoms. The number of halogens is 2. The number of nitriles is 1. The maximum Gasteiger partial charge on any atom is 0.387 e. The largest absolute Gasteiger partial charge is 0.493 e. The predicted molar refractivity (Wildman–Crippen MR) is 88.2 cm³/mol.